The van der Waals surface area contributed by atoms with Gasteiger partial charge < -0.3 is 5.32 Å². The summed E-state index contributed by atoms with van der Waals surface area (Å²) in [5.41, 5.74) is 0.403. The number of hydrogen-bond donors (Lipinski definition) is 1. The van der Waals surface area contributed by atoms with Crippen molar-refractivity contribution >= 4 is 0 Å². The molecular formula is C16H23F3N2. The second-order valence-electron chi connectivity index (χ2n) is 6.00. The molecule has 2 rings (SSSR count). The van der Waals surface area contributed by atoms with E-state index < -0.39 is 11.7 Å². The number of halogens is 3. The summed E-state index contributed by atoms with van der Waals surface area (Å²) in [5.74, 6) is 0.439. The number of nitrogens with zero attached hydrogens (tertiary/aromatic N) is 1. The normalized spacial score (nSPS) is 24.0. The van der Waals surface area contributed by atoms with Gasteiger partial charge in [0.1, 0.15) is 0 Å². The molecule has 2 unspecified atom stereocenters. The van der Waals surface area contributed by atoms with Gasteiger partial charge in [-0.2, -0.15) is 13.2 Å². The van der Waals surface area contributed by atoms with Crippen molar-refractivity contribution < 1.29 is 13.2 Å². The van der Waals surface area contributed by atoms with Crippen LogP contribution >= 0.6 is 0 Å². The molecule has 0 saturated carbocycles. The summed E-state index contributed by atoms with van der Waals surface area (Å²) in [6.07, 6.45) is -3.19. The number of alkyl halides is 3. The van der Waals surface area contributed by atoms with Gasteiger partial charge in [0.15, 0.2) is 0 Å². The first kappa shape index (κ1) is 16.3. The summed E-state index contributed by atoms with van der Waals surface area (Å²) in [7, 11) is 1.92. The third kappa shape index (κ3) is 3.58. The van der Waals surface area contributed by atoms with Gasteiger partial charge in [0.05, 0.1) is 5.56 Å². The molecule has 0 aromatic heterocycles. The zero-order valence-corrected chi connectivity index (χ0v) is 12.7. The molecule has 2 atom stereocenters. The number of likely N-dealkylation sites (tertiary alicyclic amines) is 1. The van der Waals surface area contributed by atoms with E-state index in [1.807, 2.05) is 7.05 Å². The van der Waals surface area contributed by atoms with Crippen molar-refractivity contribution in [2.75, 3.05) is 20.1 Å². The fraction of sp³-hybridized carbons (Fsp3) is 0.625. The molecule has 1 fully saturated rings. The van der Waals surface area contributed by atoms with Gasteiger partial charge >= 0.3 is 6.18 Å². The third-order valence-electron chi connectivity index (χ3n) is 4.27. The van der Waals surface area contributed by atoms with Gasteiger partial charge in [0.25, 0.3) is 0 Å². The summed E-state index contributed by atoms with van der Waals surface area (Å²) < 4.78 is 38.0. The lowest BCUT2D eigenvalue weighted by atomic mass is 9.92. The second-order valence-corrected chi connectivity index (χ2v) is 6.00. The Morgan fingerprint density at radius 2 is 1.86 bits per heavy atom. The lowest BCUT2D eigenvalue weighted by Gasteiger charge is -2.32. The Bertz CT molecular complexity index is 454. The van der Waals surface area contributed by atoms with Crippen molar-refractivity contribution in [2.45, 2.75) is 38.5 Å². The third-order valence-corrected chi connectivity index (χ3v) is 4.27. The number of benzene rings is 1. The molecule has 0 radical (unpaired) electrons. The molecule has 1 heterocycles. The Balaban J connectivity index is 2.27. The van der Waals surface area contributed by atoms with E-state index in [1.165, 1.54) is 12.1 Å². The van der Waals surface area contributed by atoms with Crippen LogP contribution in [0.2, 0.25) is 0 Å². The van der Waals surface area contributed by atoms with Crippen molar-refractivity contribution in [3.63, 3.8) is 0 Å². The minimum Gasteiger partial charge on any atom is -0.319 e. The molecule has 0 spiro atoms. The maximum Gasteiger partial charge on any atom is 0.416 e. The Morgan fingerprint density at radius 1 is 1.24 bits per heavy atom. The fourth-order valence-corrected chi connectivity index (χ4v) is 3.27. The first-order chi connectivity index (χ1) is 9.84. The molecule has 1 saturated heterocycles. The molecule has 1 aromatic carbocycles. The van der Waals surface area contributed by atoms with E-state index in [1.54, 1.807) is 12.1 Å². The van der Waals surface area contributed by atoms with Gasteiger partial charge in [-0.1, -0.05) is 12.1 Å². The number of nitrogens with one attached hydrogen (secondary N) is 1. The number of hydrogen-bond acceptors (Lipinski definition) is 2. The highest BCUT2D eigenvalue weighted by Crippen LogP contribution is 2.39. The summed E-state index contributed by atoms with van der Waals surface area (Å²) in [4.78, 5) is 2.38. The Morgan fingerprint density at radius 3 is 2.33 bits per heavy atom. The average Bonchev–Trinajstić information content (AvgIpc) is 2.82. The standard InChI is InChI=1S/C16H23F3N2/c1-11(2)21-9-8-13(10-20-3)15(21)12-4-6-14(7-5-12)16(17,18)19/h4-7,11,13,15,20H,8-10H2,1-3H3. The lowest BCUT2D eigenvalue weighted by Crippen LogP contribution is -2.33. The predicted octanol–water partition coefficient (Wildman–Crippen LogP) is 3.70. The monoisotopic (exact) mass is 300 g/mol. The van der Waals surface area contributed by atoms with Gasteiger partial charge in [0, 0.05) is 12.1 Å². The van der Waals surface area contributed by atoms with E-state index >= 15 is 0 Å². The molecule has 5 heteroatoms. The van der Waals surface area contributed by atoms with Gasteiger partial charge in [-0.05, 0) is 64.0 Å². The maximum atomic E-state index is 12.7. The molecule has 1 aliphatic heterocycles. The molecule has 1 N–H and O–H groups in total. The summed E-state index contributed by atoms with van der Waals surface area (Å²) in [6, 6.07) is 6.25. The summed E-state index contributed by atoms with van der Waals surface area (Å²) in [5, 5.41) is 3.20. The topological polar surface area (TPSA) is 15.3 Å². The smallest absolute Gasteiger partial charge is 0.319 e. The zero-order chi connectivity index (χ0) is 15.6. The molecule has 0 aliphatic carbocycles. The molecule has 21 heavy (non-hydrogen) atoms. The quantitative estimate of drug-likeness (QED) is 0.912. The number of rotatable bonds is 4. The fourth-order valence-electron chi connectivity index (χ4n) is 3.27. The van der Waals surface area contributed by atoms with Crippen LogP contribution in [0.4, 0.5) is 13.2 Å². The van der Waals surface area contributed by atoms with Crippen molar-refractivity contribution in [2.24, 2.45) is 5.92 Å². The SMILES string of the molecule is CNCC1CCN(C(C)C)C1c1ccc(C(F)(F)F)cc1. The van der Waals surface area contributed by atoms with Crippen molar-refractivity contribution in [3.05, 3.63) is 35.4 Å². The van der Waals surface area contributed by atoms with Crippen LogP contribution in [0.5, 0.6) is 0 Å². The lowest BCUT2D eigenvalue weighted by molar-refractivity contribution is -0.137. The molecule has 118 valence electrons. The van der Waals surface area contributed by atoms with E-state index in [9.17, 15) is 13.2 Å². The molecular weight excluding hydrogens is 277 g/mol. The van der Waals surface area contributed by atoms with Crippen LogP contribution in [0.25, 0.3) is 0 Å². The van der Waals surface area contributed by atoms with Crippen LogP contribution in [-0.2, 0) is 6.18 Å². The van der Waals surface area contributed by atoms with Crippen LogP contribution in [0.3, 0.4) is 0 Å². The first-order valence-electron chi connectivity index (χ1n) is 7.42. The Hall–Kier alpha value is -1.07. The van der Waals surface area contributed by atoms with Crippen LogP contribution in [-0.4, -0.2) is 31.1 Å². The van der Waals surface area contributed by atoms with Crippen molar-refractivity contribution in [1.82, 2.24) is 10.2 Å². The maximum absolute atomic E-state index is 12.7. The van der Waals surface area contributed by atoms with E-state index in [-0.39, 0.29) is 6.04 Å². The Kier molecular flexibility index (Phi) is 4.94. The van der Waals surface area contributed by atoms with Crippen LogP contribution in [0.1, 0.15) is 37.4 Å². The molecule has 1 aliphatic rings. The molecule has 0 bridgehead atoms. The summed E-state index contributed by atoms with van der Waals surface area (Å²) >= 11 is 0. The molecule has 1 aromatic rings. The molecule has 0 amide bonds. The predicted molar refractivity (Wildman–Crippen MR) is 78.1 cm³/mol. The average molecular weight is 300 g/mol. The van der Waals surface area contributed by atoms with Crippen LogP contribution < -0.4 is 5.32 Å². The van der Waals surface area contributed by atoms with Crippen LogP contribution in [0.15, 0.2) is 24.3 Å². The van der Waals surface area contributed by atoms with E-state index in [2.05, 4.69) is 24.1 Å². The first-order valence-corrected chi connectivity index (χ1v) is 7.42. The second kappa shape index (κ2) is 6.36. The Labute approximate surface area is 124 Å². The minimum atomic E-state index is -4.27. The van der Waals surface area contributed by atoms with E-state index in [0.29, 0.717) is 12.0 Å². The van der Waals surface area contributed by atoms with Gasteiger partial charge in [0.2, 0.25) is 0 Å². The van der Waals surface area contributed by atoms with Crippen LogP contribution in [0, 0.1) is 5.92 Å². The van der Waals surface area contributed by atoms with Gasteiger partial charge in [-0.25, -0.2) is 0 Å². The largest absolute Gasteiger partial charge is 0.416 e. The highest BCUT2D eigenvalue weighted by molar-refractivity contribution is 5.28. The summed E-state index contributed by atoms with van der Waals surface area (Å²) in [6.45, 7) is 6.16. The highest BCUT2D eigenvalue weighted by atomic mass is 19.4. The molecule has 2 nitrogen and oxygen atoms in total. The highest BCUT2D eigenvalue weighted by Gasteiger charge is 2.37. The zero-order valence-electron chi connectivity index (χ0n) is 12.7. The van der Waals surface area contributed by atoms with Gasteiger partial charge in [-0.3, -0.25) is 4.90 Å². The van der Waals surface area contributed by atoms with Gasteiger partial charge in [-0.15, -0.1) is 0 Å². The minimum absolute atomic E-state index is 0.194. The van der Waals surface area contributed by atoms with E-state index in [4.69, 9.17) is 0 Å². The van der Waals surface area contributed by atoms with Crippen molar-refractivity contribution in [1.29, 1.82) is 0 Å². The van der Waals surface area contributed by atoms with E-state index in [0.717, 1.165) is 25.1 Å². The van der Waals surface area contributed by atoms with Crippen molar-refractivity contribution in [3.8, 4) is 0 Å².